The Kier molecular flexibility index (Phi) is 5.16. The van der Waals surface area contributed by atoms with E-state index >= 15 is 0 Å². The lowest BCUT2D eigenvalue weighted by atomic mass is 9.95. The van der Waals surface area contributed by atoms with Gasteiger partial charge < -0.3 is 10.6 Å². The first-order chi connectivity index (χ1) is 13.2. The van der Waals surface area contributed by atoms with Crippen molar-refractivity contribution in [2.75, 3.05) is 5.32 Å². The molecule has 27 heavy (non-hydrogen) atoms. The Hall–Kier alpha value is -2.73. The van der Waals surface area contributed by atoms with E-state index in [1.54, 1.807) is 24.3 Å². The van der Waals surface area contributed by atoms with Crippen molar-refractivity contribution in [1.82, 2.24) is 9.69 Å². The zero-order valence-electron chi connectivity index (χ0n) is 14.9. The zero-order valence-corrected chi connectivity index (χ0v) is 15.7. The summed E-state index contributed by atoms with van der Waals surface area (Å²) < 4.78 is 5.25. The van der Waals surface area contributed by atoms with Crippen molar-refractivity contribution in [3.8, 4) is 0 Å². The van der Waals surface area contributed by atoms with Gasteiger partial charge in [0.05, 0.1) is 4.70 Å². The highest BCUT2D eigenvalue weighted by Crippen LogP contribution is 2.23. The van der Waals surface area contributed by atoms with Crippen LogP contribution in [-0.2, 0) is 0 Å². The van der Waals surface area contributed by atoms with Crippen molar-refractivity contribution in [3.63, 3.8) is 0 Å². The molecule has 0 unspecified atom stereocenters. The van der Waals surface area contributed by atoms with Gasteiger partial charge in [-0.15, -0.1) is 0 Å². The Morgan fingerprint density at radius 1 is 0.963 bits per heavy atom. The maximum absolute atomic E-state index is 12.6. The van der Waals surface area contributed by atoms with E-state index in [0.29, 0.717) is 16.9 Å². The van der Waals surface area contributed by atoms with Crippen molar-refractivity contribution >= 4 is 39.1 Å². The van der Waals surface area contributed by atoms with Gasteiger partial charge in [-0.25, -0.2) is 0 Å². The molecule has 0 radical (unpaired) electrons. The number of hydrogen-bond acceptors (Lipinski definition) is 4. The standard InChI is InChI=1S/C21H21N3O2S/c25-20(22-15-8-2-1-3-9-15)14-7-6-10-16(13-14)23-21(26)19-17-11-4-5-12-18(17)27-24-19/h4-7,10-13,15H,1-3,8-9H2,(H,22,25)(H,23,26). The molecule has 0 saturated heterocycles. The van der Waals surface area contributed by atoms with Crippen LogP contribution in [0.2, 0.25) is 0 Å². The Bertz CT molecular complexity index is 976. The third kappa shape index (κ3) is 4.01. The lowest BCUT2D eigenvalue weighted by Gasteiger charge is -2.22. The second kappa shape index (κ2) is 7.88. The molecule has 1 aromatic heterocycles. The monoisotopic (exact) mass is 379 g/mol. The fourth-order valence-electron chi connectivity index (χ4n) is 3.49. The predicted molar refractivity (Wildman–Crippen MR) is 108 cm³/mol. The Labute approximate surface area is 162 Å². The summed E-state index contributed by atoms with van der Waals surface area (Å²) in [6.07, 6.45) is 5.67. The first-order valence-corrected chi connectivity index (χ1v) is 10.0. The Morgan fingerprint density at radius 2 is 1.78 bits per heavy atom. The number of benzene rings is 2. The lowest BCUT2D eigenvalue weighted by molar-refractivity contribution is 0.0926. The van der Waals surface area contributed by atoms with Gasteiger partial charge in [0.2, 0.25) is 0 Å². The molecule has 1 saturated carbocycles. The van der Waals surface area contributed by atoms with Crippen LogP contribution in [0.15, 0.2) is 48.5 Å². The molecule has 0 aliphatic heterocycles. The second-order valence-electron chi connectivity index (χ2n) is 6.87. The number of nitrogens with one attached hydrogen (secondary N) is 2. The second-order valence-corrected chi connectivity index (χ2v) is 7.68. The molecule has 138 valence electrons. The predicted octanol–water partition coefficient (Wildman–Crippen LogP) is 4.61. The summed E-state index contributed by atoms with van der Waals surface area (Å²) in [6, 6.07) is 15.0. The van der Waals surface area contributed by atoms with E-state index in [2.05, 4.69) is 15.0 Å². The summed E-state index contributed by atoms with van der Waals surface area (Å²) in [5, 5.41) is 6.80. The average Bonchev–Trinajstić information content (AvgIpc) is 3.13. The van der Waals surface area contributed by atoms with Crippen LogP contribution in [-0.4, -0.2) is 22.2 Å². The number of anilines is 1. The molecular formula is C21H21N3O2S. The van der Waals surface area contributed by atoms with Crippen LogP contribution in [0.4, 0.5) is 5.69 Å². The van der Waals surface area contributed by atoms with E-state index in [-0.39, 0.29) is 17.9 Å². The van der Waals surface area contributed by atoms with Crippen LogP contribution >= 0.6 is 11.5 Å². The maximum Gasteiger partial charge on any atom is 0.276 e. The summed E-state index contributed by atoms with van der Waals surface area (Å²) in [5.41, 5.74) is 1.56. The maximum atomic E-state index is 12.6. The van der Waals surface area contributed by atoms with Crippen molar-refractivity contribution in [2.24, 2.45) is 0 Å². The van der Waals surface area contributed by atoms with Gasteiger partial charge in [0.25, 0.3) is 11.8 Å². The lowest BCUT2D eigenvalue weighted by Crippen LogP contribution is -2.36. The molecule has 5 nitrogen and oxygen atoms in total. The third-order valence-electron chi connectivity index (χ3n) is 4.92. The Balaban J connectivity index is 1.47. The molecule has 2 amide bonds. The molecule has 1 heterocycles. The third-order valence-corrected chi connectivity index (χ3v) is 5.74. The van der Waals surface area contributed by atoms with Gasteiger partial charge in [0, 0.05) is 22.7 Å². The summed E-state index contributed by atoms with van der Waals surface area (Å²) in [6.45, 7) is 0. The topological polar surface area (TPSA) is 71.1 Å². The SMILES string of the molecule is O=C(NC1CCCCC1)c1cccc(NC(=O)c2nsc3ccccc23)c1. The first-order valence-electron chi connectivity index (χ1n) is 9.27. The molecule has 1 aliphatic carbocycles. The van der Waals surface area contributed by atoms with Crippen LogP contribution in [0, 0.1) is 0 Å². The van der Waals surface area contributed by atoms with Crippen LogP contribution in [0.5, 0.6) is 0 Å². The molecule has 3 aromatic rings. The minimum absolute atomic E-state index is 0.0860. The summed E-state index contributed by atoms with van der Waals surface area (Å²) in [4.78, 5) is 25.1. The van der Waals surface area contributed by atoms with E-state index in [1.165, 1.54) is 30.8 Å². The number of nitrogens with zero attached hydrogens (tertiary/aromatic N) is 1. The Morgan fingerprint density at radius 3 is 2.63 bits per heavy atom. The molecule has 1 fully saturated rings. The van der Waals surface area contributed by atoms with Crippen LogP contribution < -0.4 is 10.6 Å². The van der Waals surface area contributed by atoms with Crippen molar-refractivity contribution in [2.45, 2.75) is 38.1 Å². The quantitative estimate of drug-likeness (QED) is 0.695. The normalized spacial score (nSPS) is 14.8. The molecule has 2 N–H and O–H groups in total. The molecule has 0 atom stereocenters. The summed E-state index contributed by atoms with van der Waals surface area (Å²) >= 11 is 1.31. The van der Waals surface area contributed by atoms with E-state index in [1.807, 2.05) is 24.3 Å². The molecule has 0 bridgehead atoms. The van der Waals surface area contributed by atoms with E-state index in [4.69, 9.17) is 0 Å². The minimum Gasteiger partial charge on any atom is -0.349 e. The smallest absolute Gasteiger partial charge is 0.276 e. The first kappa shape index (κ1) is 17.7. The van der Waals surface area contributed by atoms with Gasteiger partial charge in [0.15, 0.2) is 0 Å². The van der Waals surface area contributed by atoms with Crippen LogP contribution in [0.1, 0.15) is 53.0 Å². The number of carbonyl (C=O) groups excluding carboxylic acids is 2. The minimum atomic E-state index is -0.266. The van der Waals surface area contributed by atoms with E-state index in [9.17, 15) is 9.59 Å². The van der Waals surface area contributed by atoms with Crippen LogP contribution in [0.25, 0.3) is 10.1 Å². The highest BCUT2D eigenvalue weighted by atomic mass is 32.1. The molecule has 4 rings (SSSR count). The number of rotatable bonds is 4. The van der Waals surface area contributed by atoms with Gasteiger partial charge in [0.1, 0.15) is 5.69 Å². The molecular weight excluding hydrogens is 358 g/mol. The van der Waals surface area contributed by atoms with E-state index in [0.717, 1.165) is 22.9 Å². The van der Waals surface area contributed by atoms with Crippen molar-refractivity contribution < 1.29 is 9.59 Å². The molecule has 1 aliphatic rings. The number of hydrogen-bond donors (Lipinski definition) is 2. The highest BCUT2D eigenvalue weighted by Gasteiger charge is 2.18. The number of carbonyl (C=O) groups is 2. The fourth-order valence-corrected chi connectivity index (χ4v) is 4.27. The highest BCUT2D eigenvalue weighted by molar-refractivity contribution is 7.13. The van der Waals surface area contributed by atoms with Gasteiger partial charge >= 0.3 is 0 Å². The van der Waals surface area contributed by atoms with Gasteiger partial charge in [-0.05, 0) is 48.6 Å². The molecule has 6 heteroatoms. The summed E-state index contributed by atoms with van der Waals surface area (Å²) in [7, 11) is 0. The zero-order chi connectivity index (χ0) is 18.6. The number of amides is 2. The largest absolute Gasteiger partial charge is 0.349 e. The molecule has 2 aromatic carbocycles. The fraction of sp³-hybridized carbons (Fsp3) is 0.286. The van der Waals surface area contributed by atoms with Crippen LogP contribution in [0.3, 0.4) is 0 Å². The summed E-state index contributed by atoms with van der Waals surface area (Å²) in [5.74, 6) is -0.352. The average molecular weight is 379 g/mol. The van der Waals surface area contributed by atoms with E-state index < -0.39 is 0 Å². The molecule has 0 spiro atoms. The number of aromatic nitrogens is 1. The van der Waals surface area contributed by atoms with Crippen molar-refractivity contribution in [3.05, 3.63) is 59.8 Å². The van der Waals surface area contributed by atoms with Gasteiger partial charge in [-0.2, -0.15) is 4.37 Å². The van der Waals surface area contributed by atoms with Crippen molar-refractivity contribution in [1.29, 1.82) is 0 Å². The van der Waals surface area contributed by atoms with Gasteiger partial charge in [-0.3, -0.25) is 9.59 Å². The van der Waals surface area contributed by atoms with Gasteiger partial charge in [-0.1, -0.05) is 43.5 Å². The number of fused-ring (bicyclic) bond motifs is 1.